The van der Waals surface area contributed by atoms with Gasteiger partial charge in [0.05, 0.1) is 10.2 Å². The number of nitrogens with one attached hydrogen (secondary N) is 1. The van der Waals surface area contributed by atoms with Gasteiger partial charge in [0, 0.05) is 25.3 Å². The molecule has 110 valence electrons. The first-order valence-electron chi connectivity index (χ1n) is 7.09. The number of aromatic nitrogens is 1. The Morgan fingerprint density at radius 1 is 1.40 bits per heavy atom. The van der Waals surface area contributed by atoms with Crippen molar-refractivity contribution < 1.29 is 0 Å². The van der Waals surface area contributed by atoms with Gasteiger partial charge in [0.2, 0.25) is 0 Å². The SMILES string of the molecule is CC(NCC(C)(C)CN(C)C)c1cnc2ccsc2c1. The number of hydrogen-bond acceptors (Lipinski definition) is 4. The molecule has 0 bridgehead atoms. The Hall–Kier alpha value is -0.970. The standard InChI is InChI=1S/C16H25N3S/c1-12(18-10-16(2,3)11-19(4)5)13-8-15-14(17-9-13)6-7-20-15/h6-9,12,18H,10-11H2,1-5H3. The lowest BCUT2D eigenvalue weighted by molar-refractivity contribution is 0.227. The monoisotopic (exact) mass is 291 g/mol. The Balaban J connectivity index is 1.99. The predicted octanol–water partition coefficient (Wildman–Crippen LogP) is 3.53. The number of hydrogen-bond donors (Lipinski definition) is 1. The third-order valence-electron chi connectivity index (χ3n) is 3.45. The van der Waals surface area contributed by atoms with Gasteiger partial charge in [-0.25, -0.2) is 0 Å². The smallest absolute Gasteiger partial charge is 0.0809 e. The summed E-state index contributed by atoms with van der Waals surface area (Å²) < 4.78 is 1.27. The molecule has 0 spiro atoms. The molecule has 0 saturated heterocycles. The van der Waals surface area contributed by atoms with Gasteiger partial charge in [-0.2, -0.15) is 0 Å². The van der Waals surface area contributed by atoms with E-state index in [1.54, 1.807) is 11.3 Å². The average Bonchev–Trinajstić information content (AvgIpc) is 2.81. The van der Waals surface area contributed by atoms with E-state index < -0.39 is 0 Å². The molecule has 2 aromatic heterocycles. The zero-order valence-electron chi connectivity index (χ0n) is 13.1. The second kappa shape index (κ2) is 6.20. The summed E-state index contributed by atoms with van der Waals surface area (Å²) in [5, 5.41) is 5.74. The lowest BCUT2D eigenvalue weighted by Gasteiger charge is -2.30. The van der Waals surface area contributed by atoms with Crippen molar-refractivity contribution in [1.82, 2.24) is 15.2 Å². The van der Waals surface area contributed by atoms with Gasteiger partial charge in [0.1, 0.15) is 0 Å². The van der Waals surface area contributed by atoms with Crippen molar-refractivity contribution in [2.24, 2.45) is 5.41 Å². The first-order chi connectivity index (χ1) is 9.37. The molecule has 2 aromatic rings. The quantitative estimate of drug-likeness (QED) is 0.882. The van der Waals surface area contributed by atoms with Crippen LogP contribution >= 0.6 is 11.3 Å². The van der Waals surface area contributed by atoms with Crippen LogP contribution in [0.3, 0.4) is 0 Å². The van der Waals surface area contributed by atoms with Crippen LogP contribution in [0, 0.1) is 5.41 Å². The molecule has 4 heteroatoms. The summed E-state index contributed by atoms with van der Waals surface area (Å²) in [6.45, 7) is 8.88. The normalized spacial score (nSPS) is 14.1. The summed E-state index contributed by atoms with van der Waals surface area (Å²) in [7, 11) is 4.25. The minimum Gasteiger partial charge on any atom is -0.310 e. The van der Waals surface area contributed by atoms with E-state index in [0.717, 1.165) is 18.6 Å². The summed E-state index contributed by atoms with van der Waals surface area (Å²) in [5.74, 6) is 0. The molecule has 0 fully saturated rings. The van der Waals surface area contributed by atoms with Gasteiger partial charge in [-0.05, 0) is 49.5 Å². The molecule has 0 aliphatic rings. The van der Waals surface area contributed by atoms with E-state index in [1.165, 1.54) is 10.3 Å². The fourth-order valence-electron chi connectivity index (χ4n) is 2.56. The van der Waals surface area contributed by atoms with Crippen molar-refractivity contribution in [2.45, 2.75) is 26.8 Å². The van der Waals surface area contributed by atoms with Crippen LogP contribution in [0.4, 0.5) is 0 Å². The molecule has 3 nitrogen and oxygen atoms in total. The van der Waals surface area contributed by atoms with E-state index in [0.29, 0.717) is 6.04 Å². The zero-order valence-corrected chi connectivity index (χ0v) is 13.9. The maximum atomic E-state index is 4.52. The van der Waals surface area contributed by atoms with Gasteiger partial charge in [-0.3, -0.25) is 4.98 Å². The highest BCUT2D eigenvalue weighted by Gasteiger charge is 2.20. The maximum absolute atomic E-state index is 4.52. The molecule has 0 saturated carbocycles. The summed E-state index contributed by atoms with van der Waals surface area (Å²) in [6.07, 6.45) is 1.99. The Bertz CT molecular complexity index is 560. The van der Waals surface area contributed by atoms with E-state index in [9.17, 15) is 0 Å². The first kappa shape index (κ1) is 15.4. The number of fused-ring (bicyclic) bond motifs is 1. The molecule has 1 unspecified atom stereocenters. The van der Waals surface area contributed by atoms with Crippen LogP contribution in [0.2, 0.25) is 0 Å². The van der Waals surface area contributed by atoms with Crippen molar-refractivity contribution in [1.29, 1.82) is 0 Å². The van der Waals surface area contributed by atoms with Gasteiger partial charge >= 0.3 is 0 Å². The van der Waals surface area contributed by atoms with Crippen molar-refractivity contribution in [3.8, 4) is 0 Å². The third kappa shape index (κ3) is 4.01. The summed E-state index contributed by atoms with van der Waals surface area (Å²) in [4.78, 5) is 6.76. The minimum absolute atomic E-state index is 0.262. The minimum atomic E-state index is 0.262. The molecule has 0 aliphatic carbocycles. The van der Waals surface area contributed by atoms with E-state index in [1.807, 2.05) is 6.20 Å². The second-order valence-electron chi connectivity index (χ2n) is 6.58. The molecular formula is C16H25N3S. The number of thiophene rings is 1. The van der Waals surface area contributed by atoms with E-state index >= 15 is 0 Å². The van der Waals surface area contributed by atoms with Crippen molar-refractivity contribution in [2.75, 3.05) is 27.2 Å². The number of rotatable bonds is 6. The van der Waals surface area contributed by atoms with E-state index in [4.69, 9.17) is 0 Å². The second-order valence-corrected chi connectivity index (χ2v) is 7.52. The molecule has 0 amide bonds. The molecule has 0 aromatic carbocycles. The highest BCUT2D eigenvalue weighted by atomic mass is 32.1. The Kier molecular flexibility index (Phi) is 4.78. The van der Waals surface area contributed by atoms with E-state index in [2.05, 4.69) is 67.6 Å². The topological polar surface area (TPSA) is 28.2 Å². The van der Waals surface area contributed by atoms with Crippen LogP contribution in [0.5, 0.6) is 0 Å². The Morgan fingerprint density at radius 2 is 2.15 bits per heavy atom. The highest BCUT2D eigenvalue weighted by Crippen LogP contribution is 2.23. The summed E-state index contributed by atoms with van der Waals surface area (Å²) >= 11 is 1.75. The molecule has 1 N–H and O–H groups in total. The van der Waals surface area contributed by atoms with Crippen molar-refractivity contribution >= 4 is 21.6 Å². The van der Waals surface area contributed by atoms with Crippen molar-refractivity contribution in [3.05, 3.63) is 29.3 Å². The van der Waals surface area contributed by atoms with Gasteiger partial charge in [-0.1, -0.05) is 13.8 Å². The average molecular weight is 291 g/mol. The summed E-state index contributed by atoms with van der Waals surface area (Å²) in [5.41, 5.74) is 2.62. The summed E-state index contributed by atoms with van der Waals surface area (Å²) in [6, 6.07) is 4.65. The van der Waals surface area contributed by atoms with Crippen LogP contribution in [0.1, 0.15) is 32.4 Å². The Morgan fingerprint density at radius 3 is 2.85 bits per heavy atom. The number of nitrogens with zero attached hydrogens (tertiary/aromatic N) is 2. The molecule has 2 heterocycles. The molecule has 2 rings (SSSR count). The Labute approximate surface area is 126 Å². The van der Waals surface area contributed by atoms with Crippen LogP contribution in [-0.2, 0) is 0 Å². The van der Waals surface area contributed by atoms with Crippen molar-refractivity contribution in [3.63, 3.8) is 0 Å². The molecule has 0 aliphatic heterocycles. The van der Waals surface area contributed by atoms with Crippen LogP contribution in [0.15, 0.2) is 23.7 Å². The van der Waals surface area contributed by atoms with Gasteiger partial charge in [0.15, 0.2) is 0 Å². The van der Waals surface area contributed by atoms with Gasteiger partial charge < -0.3 is 10.2 Å². The lowest BCUT2D eigenvalue weighted by atomic mass is 9.92. The van der Waals surface area contributed by atoms with Gasteiger partial charge in [-0.15, -0.1) is 11.3 Å². The fourth-order valence-corrected chi connectivity index (χ4v) is 3.35. The lowest BCUT2D eigenvalue weighted by Crippen LogP contribution is -2.38. The third-order valence-corrected chi connectivity index (χ3v) is 4.31. The maximum Gasteiger partial charge on any atom is 0.0809 e. The molecule has 20 heavy (non-hydrogen) atoms. The van der Waals surface area contributed by atoms with E-state index in [-0.39, 0.29) is 5.41 Å². The molecule has 0 radical (unpaired) electrons. The van der Waals surface area contributed by atoms with Crippen LogP contribution in [-0.4, -0.2) is 37.1 Å². The molecular weight excluding hydrogens is 266 g/mol. The van der Waals surface area contributed by atoms with Crippen LogP contribution < -0.4 is 5.32 Å². The fraction of sp³-hybridized carbons (Fsp3) is 0.562. The zero-order chi connectivity index (χ0) is 14.8. The first-order valence-corrected chi connectivity index (χ1v) is 7.97. The predicted molar refractivity (Wildman–Crippen MR) is 88.4 cm³/mol. The highest BCUT2D eigenvalue weighted by molar-refractivity contribution is 7.17. The number of pyridine rings is 1. The largest absolute Gasteiger partial charge is 0.310 e. The van der Waals surface area contributed by atoms with Crippen LogP contribution in [0.25, 0.3) is 10.2 Å². The van der Waals surface area contributed by atoms with Gasteiger partial charge in [0.25, 0.3) is 0 Å². The molecule has 1 atom stereocenters.